The molecule has 8 heavy (non-hydrogen) atoms. The predicted molar refractivity (Wildman–Crippen MR) is 22.1 cm³/mol. The van der Waals surface area contributed by atoms with Crippen LogP contribution in [-0.2, 0) is 38.3 Å². The van der Waals surface area contributed by atoms with E-state index < -0.39 is 5.09 Å². The van der Waals surface area contributed by atoms with E-state index in [1.165, 1.54) is 0 Å². The molecule has 4 nitrogen and oxygen atoms in total. The zero-order valence-electron chi connectivity index (χ0n) is 3.05. The molecule has 0 N–H and O–H groups in total. The third kappa shape index (κ3) is 196. The average molecular weight is 347 g/mol. The molecule has 0 aromatic rings. The molecule has 8 heteroatoms. The van der Waals surface area contributed by atoms with Crippen molar-refractivity contribution in [1.82, 2.24) is 0 Å². The summed E-state index contributed by atoms with van der Waals surface area (Å²) in [5.41, 5.74) is 0. The molecule has 0 atom stereocenters. The molecule has 0 rings (SSSR count). The summed E-state index contributed by atoms with van der Waals surface area (Å²) in [6.07, 6.45) is 0. The van der Waals surface area contributed by atoms with Crippen molar-refractivity contribution in [2.45, 2.75) is 0 Å². The van der Waals surface area contributed by atoms with Crippen molar-refractivity contribution in [1.29, 1.82) is 0 Å². The summed E-state index contributed by atoms with van der Waals surface area (Å²) in [4.78, 5) is 8.25. The van der Waals surface area contributed by atoms with Gasteiger partial charge >= 0.3 is 57.4 Å². The van der Waals surface area contributed by atoms with Crippen molar-refractivity contribution < 1.29 is 43.4 Å². The zero-order chi connectivity index (χ0) is 6.28. The molecule has 0 saturated carbocycles. The van der Waals surface area contributed by atoms with Gasteiger partial charge in [-0.15, -0.1) is 0 Å². The fourth-order valence-corrected chi connectivity index (χ4v) is 0. The molecule has 0 heterocycles. The third-order valence-electron chi connectivity index (χ3n) is 0. The summed E-state index contributed by atoms with van der Waals surface area (Å²) >= 11 is -0.106. The molecule has 0 bridgehead atoms. The molecule has 0 fully saturated rings. The van der Waals surface area contributed by atoms with Crippen molar-refractivity contribution in [2.24, 2.45) is 0 Å². The molecule has 0 aliphatic heterocycles. The summed E-state index contributed by atoms with van der Waals surface area (Å²) in [7, 11) is 9.63. The van der Waals surface area contributed by atoms with Gasteiger partial charge in [-0.05, 0) is 0 Å². The summed E-state index contributed by atoms with van der Waals surface area (Å²) in [6.45, 7) is 0. The molecule has 0 amide bonds. The Bertz CT molecular complexity index is 48.5. The summed E-state index contributed by atoms with van der Waals surface area (Å²) in [5.74, 6) is 0. The molecular formula is AgCl2NO3Pd. The Labute approximate surface area is 77.3 Å². The van der Waals surface area contributed by atoms with Crippen LogP contribution in [0.25, 0.3) is 0 Å². The van der Waals surface area contributed by atoms with Gasteiger partial charge in [-0.1, -0.05) is 0 Å². The van der Waals surface area contributed by atoms with Crippen LogP contribution in [0, 0.1) is 15.3 Å². The SMILES string of the molecule is O=[N+]([O-])[O-].[Ag+].[Cl][Pd][Cl]. The minimum absolute atomic E-state index is 0. The first-order valence-electron chi connectivity index (χ1n) is 0.787. The summed E-state index contributed by atoms with van der Waals surface area (Å²) in [6, 6.07) is 0. The molecule has 0 spiro atoms. The summed E-state index contributed by atoms with van der Waals surface area (Å²) in [5, 5.41) is 14.8. The standard InChI is InChI=1S/Ag.2ClH.NO3.Pd/c;;;2-1(3)4;/h;2*1H;;/q+1;;;-1;+2/p-2. The van der Waals surface area contributed by atoms with Gasteiger partial charge in [0.25, 0.3) is 0 Å². The Morgan fingerprint density at radius 3 is 1.38 bits per heavy atom. The van der Waals surface area contributed by atoms with Gasteiger partial charge in [0.05, 0.1) is 5.09 Å². The van der Waals surface area contributed by atoms with E-state index in [0.717, 1.165) is 0 Å². The molecule has 0 radical (unpaired) electrons. The van der Waals surface area contributed by atoms with E-state index in [4.69, 9.17) is 34.4 Å². The first-order valence-corrected chi connectivity index (χ1v) is 4.79. The first-order chi connectivity index (χ1) is 3.15. The Hall–Kier alpha value is 1.18. The number of hydrogen-bond donors (Lipinski definition) is 0. The zero-order valence-corrected chi connectivity index (χ0v) is 7.59. The van der Waals surface area contributed by atoms with Crippen LogP contribution in [0.5, 0.6) is 0 Å². The van der Waals surface area contributed by atoms with Gasteiger partial charge in [0, 0.05) is 0 Å². The number of hydrogen-bond acceptors (Lipinski definition) is 3. The number of nitrogens with zero attached hydrogens (tertiary/aromatic N) is 1. The topological polar surface area (TPSA) is 66.2 Å². The Balaban J connectivity index is -0.0000000575. The molecule has 0 aliphatic carbocycles. The Morgan fingerprint density at radius 1 is 1.38 bits per heavy atom. The van der Waals surface area contributed by atoms with Gasteiger partial charge in [-0.3, -0.25) is 0 Å². The van der Waals surface area contributed by atoms with Crippen LogP contribution in [0.15, 0.2) is 0 Å². The molecule has 0 saturated heterocycles. The van der Waals surface area contributed by atoms with Crippen LogP contribution in [-0.4, -0.2) is 5.09 Å². The van der Waals surface area contributed by atoms with E-state index in [0.29, 0.717) is 0 Å². The minimum atomic E-state index is -1.75. The molecule has 0 aromatic heterocycles. The van der Waals surface area contributed by atoms with E-state index in [-0.39, 0.29) is 38.3 Å². The van der Waals surface area contributed by atoms with E-state index >= 15 is 0 Å². The molecule has 0 aliphatic rings. The van der Waals surface area contributed by atoms with Crippen molar-refractivity contribution in [2.75, 3.05) is 0 Å². The fourth-order valence-electron chi connectivity index (χ4n) is 0. The molecule has 0 unspecified atom stereocenters. The van der Waals surface area contributed by atoms with Gasteiger partial charge in [0.2, 0.25) is 0 Å². The van der Waals surface area contributed by atoms with Gasteiger partial charge < -0.3 is 15.3 Å². The van der Waals surface area contributed by atoms with Crippen molar-refractivity contribution in [3.05, 3.63) is 15.3 Å². The van der Waals surface area contributed by atoms with E-state index in [1.54, 1.807) is 0 Å². The maximum absolute atomic E-state index is 8.25. The fraction of sp³-hybridized carbons (Fsp3) is 0. The Kier molecular flexibility index (Phi) is 31.6. The van der Waals surface area contributed by atoms with Crippen LogP contribution in [0.1, 0.15) is 0 Å². The van der Waals surface area contributed by atoms with Crippen molar-refractivity contribution >= 4 is 19.1 Å². The third-order valence-corrected chi connectivity index (χ3v) is 0. The summed E-state index contributed by atoms with van der Waals surface area (Å²) < 4.78 is 0. The van der Waals surface area contributed by atoms with Crippen LogP contribution in [0.3, 0.4) is 0 Å². The van der Waals surface area contributed by atoms with Crippen LogP contribution < -0.4 is 0 Å². The predicted octanol–water partition coefficient (Wildman–Crippen LogP) is 1.13. The monoisotopic (exact) mass is 345 g/mol. The second-order valence-electron chi connectivity index (χ2n) is 0.269. The quantitative estimate of drug-likeness (QED) is 0.375. The molecular weight excluding hydrogens is 347 g/mol. The van der Waals surface area contributed by atoms with E-state index in [9.17, 15) is 0 Å². The van der Waals surface area contributed by atoms with Gasteiger partial charge in [0.15, 0.2) is 0 Å². The van der Waals surface area contributed by atoms with E-state index in [1.807, 2.05) is 0 Å². The molecule has 0 aromatic carbocycles. The van der Waals surface area contributed by atoms with Gasteiger partial charge in [-0.25, -0.2) is 0 Å². The second kappa shape index (κ2) is 15.7. The van der Waals surface area contributed by atoms with Crippen molar-refractivity contribution in [3.63, 3.8) is 0 Å². The van der Waals surface area contributed by atoms with Gasteiger partial charge in [0.1, 0.15) is 0 Å². The normalized spacial score (nSPS) is 5.75. The van der Waals surface area contributed by atoms with Gasteiger partial charge in [-0.2, -0.15) is 0 Å². The number of rotatable bonds is 0. The van der Waals surface area contributed by atoms with Crippen LogP contribution in [0.4, 0.5) is 0 Å². The first kappa shape index (κ1) is 16.1. The molecule has 58 valence electrons. The van der Waals surface area contributed by atoms with E-state index in [2.05, 4.69) is 0 Å². The second-order valence-corrected chi connectivity index (χ2v) is 2.63. The number of halogens is 2. The average Bonchev–Trinajstić information content (AvgIpc) is 1.33. The van der Waals surface area contributed by atoms with Crippen LogP contribution in [0.2, 0.25) is 0 Å². The Morgan fingerprint density at radius 2 is 1.38 bits per heavy atom. The van der Waals surface area contributed by atoms with Crippen LogP contribution >= 0.6 is 19.1 Å². The van der Waals surface area contributed by atoms with Crippen molar-refractivity contribution in [3.8, 4) is 0 Å². The maximum atomic E-state index is 8.25.